The quantitative estimate of drug-likeness (QED) is 0.479. The first-order valence-corrected chi connectivity index (χ1v) is 6.96. The number of benzene rings is 1. The zero-order valence-corrected chi connectivity index (χ0v) is 11.2. The number of nitrogens with zero attached hydrogens (tertiary/aromatic N) is 1. The average molecular weight is 298 g/mol. The number of alkyl halides is 1. The van der Waals surface area contributed by atoms with Gasteiger partial charge in [-0.1, -0.05) is 47.0 Å². The van der Waals surface area contributed by atoms with Crippen LogP contribution >= 0.6 is 15.9 Å². The summed E-state index contributed by atoms with van der Waals surface area (Å²) in [5.41, 5.74) is 1.13. The summed E-state index contributed by atoms with van der Waals surface area (Å²) in [6, 6.07) is 7.09. The molecule has 2 unspecified atom stereocenters. The summed E-state index contributed by atoms with van der Waals surface area (Å²) in [5.74, 6) is 0.532. The molecular weight excluding hydrogens is 282 g/mol. The summed E-state index contributed by atoms with van der Waals surface area (Å²) in [7, 11) is 0. The average Bonchev–Trinajstić information content (AvgIpc) is 2.32. The van der Waals surface area contributed by atoms with E-state index < -0.39 is 0 Å². The standard InChI is InChI=1S/C13H16BrNO2/c14-12-7-3-1-5-10(12)9-11-6-2-4-8-13(11)15(16)17/h2,4,6,8,10,12H,1,3,5,7,9H2. The minimum Gasteiger partial charge on any atom is -0.258 e. The highest BCUT2D eigenvalue weighted by Crippen LogP contribution is 2.34. The molecule has 1 fully saturated rings. The summed E-state index contributed by atoms with van der Waals surface area (Å²) in [4.78, 5) is 11.2. The van der Waals surface area contributed by atoms with Gasteiger partial charge in [0.15, 0.2) is 0 Å². The fourth-order valence-electron chi connectivity index (χ4n) is 2.54. The number of nitro groups is 1. The van der Waals surface area contributed by atoms with E-state index in [1.165, 1.54) is 25.7 Å². The molecule has 4 heteroatoms. The van der Waals surface area contributed by atoms with E-state index in [1.54, 1.807) is 12.1 Å². The zero-order chi connectivity index (χ0) is 12.3. The Balaban J connectivity index is 2.14. The summed E-state index contributed by atoms with van der Waals surface area (Å²) >= 11 is 3.70. The predicted molar refractivity (Wildman–Crippen MR) is 71.5 cm³/mol. The number of nitro benzene ring substituents is 1. The molecule has 1 saturated carbocycles. The van der Waals surface area contributed by atoms with Crippen LogP contribution < -0.4 is 0 Å². The second kappa shape index (κ2) is 5.63. The lowest BCUT2D eigenvalue weighted by molar-refractivity contribution is -0.385. The predicted octanol–water partition coefficient (Wildman–Crippen LogP) is 4.09. The van der Waals surface area contributed by atoms with Crippen LogP contribution in [-0.2, 0) is 6.42 Å². The molecule has 0 heterocycles. The molecule has 0 amide bonds. The number of para-hydroxylation sites is 1. The van der Waals surface area contributed by atoms with Gasteiger partial charge in [0.05, 0.1) is 4.92 Å². The Kier molecular flexibility index (Phi) is 4.15. The number of rotatable bonds is 3. The molecule has 0 aromatic heterocycles. The largest absolute Gasteiger partial charge is 0.272 e. The lowest BCUT2D eigenvalue weighted by Crippen LogP contribution is -2.21. The fourth-order valence-corrected chi connectivity index (χ4v) is 3.31. The topological polar surface area (TPSA) is 43.1 Å². The van der Waals surface area contributed by atoms with Gasteiger partial charge < -0.3 is 0 Å². The molecule has 0 N–H and O–H groups in total. The Bertz CT molecular complexity index is 408. The summed E-state index contributed by atoms with van der Waals surface area (Å²) < 4.78 is 0. The lowest BCUT2D eigenvalue weighted by atomic mass is 9.84. The maximum absolute atomic E-state index is 10.9. The van der Waals surface area contributed by atoms with Crippen LogP contribution in [0.25, 0.3) is 0 Å². The van der Waals surface area contributed by atoms with Crippen LogP contribution in [0.1, 0.15) is 31.2 Å². The molecule has 1 aliphatic carbocycles. The van der Waals surface area contributed by atoms with Gasteiger partial charge in [-0.15, -0.1) is 0 Å². The van der Waals surface area contributed by atoms with Crippen molar-refractivity contribution in [3.63, 3.8) is 0 Å². The second-order valence-electron chi connectivity index (χ2n) is 4.65. The highest BCUT2D eigenvalue weighted by molar-refractivity contribution is 9.09. The summed E-state index contributed by atoms with van der Waals surface area (Å²) in [5, 5.41) is 10.9. The van der Waals surface area contributed by atoms with Crippen LogP contribution in [-0.4, -0.2) is 9.75 Å². The Morgan fingerprint density at radius 3 is 2.71 bits per heavy atom. The SMILES string of the molecule is O=[N+]([O-])c1ccccc1CC1CCCCC1Br. The molecular formula is C13H16BrNO2. The minimum atomic E-state index is -0.276. The van der Waals surface area contributed by atoms with Gasteiger partial charge in [0.25, 0.3) is 5.69 Å². The van der Waals surface area contributed by atoms with Gasteiger partial charge >= 0.3 is 0 Å². The highest BCUT2D eigenvalue weighted by Gasteiger charge is 2.25. The molecule has 1 aromatic carbocycles. The van der Waals surface area contributed by atoms with Gasteiger partial charge in [0, 0.05) is 16.5 Å². The van der Waals surface area contributed by atoms with Gasteiger partial charge in [-0.3, -0.25) is 10.1 Å². The van der Waals surface area contributed by atoms with Crippen LogP contribution in [0.3, 0.4) is 0 Å². The van der Waals surface area contributed by atoms with E-state index in [0.717, 1.165) is 12.0 Å². The molecule has 0 saturated heterocycles. The normalized spacial score (nSPS) is 24.5. The fraction of sp³-hybridized carbons (Fsp3) is 0.538. The molecule has 0 bridgehead atoms. The van der Waals surface area contributed by atoms with Crippen LogP contribution in [0.5, 0.6) is 0 Å². The van der Waals surface area contributed by atoms with E-state index in [9.17, 15) is 10.1 Å². The molecule has 2 atom stereocenters. The van der Waals surface area contributed by atoms with Gasteiger partial charge in [0.2, 0.25) is 0 Å². The molecule has 92 valence electrons. The molecule has 2 rings (SSSR count). The number of halogens is 1. The summed E-state index contributed by atoms with van der Waals surface area (Å²) in [6.45, 7) is 0. The Hall–Kier alpha value is -0.900. The smallest absolute Gasteiger partial charge is 0.258 e. The molecule has 1 aliphatic rings. The Morgan fingerprint density at radius 1 is 1.29 bits per heavy atom. The Labute approximate surface area is 110 Å². The van der Waals surface area contributed by atoms with Crippen molar-refractivity contribution < 1.29 is 4.92 Å². The van der Waals surface area contributed by atoms with E-state index in [2.05, 4.69) is 15.9 Å². The lowest BCUT2D eigenvalue weighted by Gasteiger charge is -2.27. The first-order valence-electron chi connectivity index (χ1n) is 6.05. The van der Waals surface area contributed by atoms with Gasteiger partial charge in [-0.2, -0.15) is 0 Å². The van der Waals surface area contributed by atoms with Crippen molar-refractivity contribution in [2.24, 2.45) is 5.92 Å². The number of hydrogen-bond donors (Lipinski definition) is 0. The van der Waals surface area contributed by atoms with Gasteiger partial charge in [-0.05, 0) is 25.2 Å². The van der Waals surface area contributed by atoms with Crippen molar-refractivity contribution in [2.75, 3.05) is 0 Å². The molecule has 0 aliphatic heterocycles. The van der Waals surface area contributed by atoms with Crippen LogP contribution in [0.15, 0.2) is 24.3 Å². The third kappa shape index (κ3) is 3.06. The monoisotopic (exact) mass is 297 g/mol. The van der Waals surface area contributed by atoms with Gasteiger partial charge in [0.1, 0.15) is 0 Å². The maximum Gasteiger partial charge on any atom is 0.272 e. The van der Waals surface area contributed by atoms with Crippen LogP contribution in [0.4, 0.5) is 5.69 Å². The Morgan fingerprint density at radius 2 is 2.00 bits per heavy atom. The number of hydrogen-bond acceptors (Lipinski definition) is 2. The molecule has 17 heavy (non-hydrogen) atoms. The molecule has 0 radical (unpaired) electrons. The van der Waals surface area contributed by atoms with Crippen molar-refractivity contribution in [3.8, 4) is 0 Å². The molecule has 1 aromatic rings. The van der Waals surface area contributed by atoms with E-state index in [1.807, 2.05) is 12.1 Å². The van der Waals surface area contributed by atoms with Crippen molar-refractivity contribution >= 4 is 21.6 Å². The first kappa shape index (κ1) is 12.6. The molecule has 0 spiro atoms. The van der Waals surface area contributed by atoms with Crippen molar-refractivity contribution in [3.05, 3.63) is 39.9 Å². The van der Waals surface area contributed by atoms with Crippen molar-refractivity contribution in [1.29, 1.82) is 0 Å². The third-order valence-electron chi connectivity index (χ3n) is 3.49. The third-order valence-corrected chi connectivity index (χ3v) is 4.69. The van der Waals surface area contributed by atoms with Crippen LogP contribution in [0, 0.1) is 16.0 Å². The van der Waals surface area contributed by atoms with E-state index in [0.29, 0.717) is 10.7 Å². The zero-order valence-electron chi connectivity index (χ0n) is 9.64. The second-order valence-corrected chi connectivity index (χ2v) is 5.83. The van der Waals surface area contributed by atoms with Gasteiger partial charge in [-0.25, -0.2) is 0 Å². The van der Waals surface area contributed by atoms with E-state index >= 15 is 0 Å². The first-order chi connectivity index (χ1) is 8.18. The van der Waals surface area contributed by atoms with E-state index in [-0.39, 0.29) is 10.6 Å². The van der Waals surface area contributed by atoms with Crippen LogP contribution in [0.2, 0.25) is 0 Å². The van der Waals surface area contributed by atoms with Crippen molar-refractivity contribution in [2.45, 2.75) is 36.9 Å². The molecule has 3 nitrogen and oxygen atoms in total. The highest BCUT2D eigenvalue weighted by atomic mass is 79.9. The minimum absolute atomic E-state index is 0.262. The summed E-state index contributed by atoms with van der Waals surface area (Å²) in [6.07, 6.45) is 5.68. The van der Waals surface area contributed by atoms with E-state index in [4.69, 9.17) is 0 Å². The maximum atomic E-state index is 10.9. The van der Waals surface area contributed by atoms with Crippen molar-refractivity contribution in [1.82, 2.24) is 0 Å².